The lowest BCUT2D eigenvalue weighted by Gasteiger charge is -2.20. The Balaban J connectivity index is 1.87. The van der Waals surface area contributed by atoms with Crippen LogP contribution < -0.4 is 0 Å². The monoisotopic (exact) mass is 286 g/mol. The zero-order valence-corrected chi connectivity index (χ0v) is 11.5. The van der Waals surface area contributed by atoms with Crippen LogP contribution in [0.4, 0.5) is 0 Å². The molecule has 0 aromatic carbocycles. The topological polar surface area (TPSA) is 73.0 Å². The zero-order chi connectivity index (χ0) is 14.8. The fraction of sp³-hybridized carbons (Fsp3) is 0.438. The third-order valence-electron chi connectivity index (χ3n) is 4.62. The van der Waals surface area contributed by atoms with Crippen molar-refractivity contribution in [3.8, 4) is 0 Å². The Hall–Kier alpha value is -2.01. The van der Waals surface area contributed by atoms with Crippen LogP contribution in [-0.4, -0.2) is 35.3 Å². The van der Waals surface area contributed by atoms with E-state index in [0.29, 0.717) is 30.4 Å². The lowest BCUT2D eigenvalue weighted by atomic mass is 9.84. The number of carbonyl (C=O) groups is 3. The molecule has 21 heavy (non-hydrogen) atoms. The number of ether oxygens (including phenoxy) is 2. The smallest absolute Gasteiger partial charge is 0.342 e. The number of esters is 1. The predicted molar refractivity (Wildman–Crippen MR) is 71.3 cm³/mol. The molecule has 2 aliphatic heterocycles. The lowest BCUT2D eigenvalue weighted by molar-refractivity contribution is -0.152. The maximum absolute atomic E-state index is 12.2. The van der Waals surface area contributed by atoms with E-state index in [0.717, 1.165) is 5.57 Å². The van der Waals surface area contributed by atoms with E-state index in [1.807, 2.05) is 13.0 Å². The van der Waals surface area contributed by atoms with Crippen molar-refractivity contribution in [2.75, 3.05) is 0 Å². The average Bonchev–Trinajstić information content (AvgIpc) is 3.11. The van der Waals surface area contributed by atoms with Crippen LogP contribution in [0, 0.1) is 0 Å². The van der Waals surface area contributed by atoms with Crippen molar-refractivity contribution < 1.29 is 23.9 Å². The Morgan fingerprint density at radius 3 is 2.71 bits per heavy atom. The quantitative estimate of drug-likeness (QED) is 0.289. The summed E-state index contributed by atoms with van der Waals surface area (Å²) in [5.74, 6) is -0.860. The molecule has 0 radical (unpaired) electrons. The van der Waals surface area contributed by atoms with Crippen molar-refractivity contribution in [2.45, 2.75) is 44.0 Å². The molecule has 2 bridgehead atoms. The van der Waals surface area contributed by atoms with Crippen molar-refractivity contribution in [3.63, 3.8) is 0 Å². The first kappa shape index (κ1) is 12.7. The summed E-state index contributed by atoms with van der Waals surface area (Å²) < 4.78 is 11.0. The molecule has 4 rings (SSSR count). The first-order valence-corrected chi connectivity index (χ1v) is 7.07. The normalized spacial score (nSPS) is 40.2. The van der Waals surface area contributed by atoms with Gasteiger partial charge in [0.25, 0.3) is 0 Å². The maximum atomic E-state index is 12.2. The molecule has 108 valence electrons. The van der Waals surface area contributed by atoms with Crippen LogP contribution in [0.15, 0.2) is 34.9 Å². The van der Waals surface area contributed by atoms with Gasteiger partial charge in [0.1, 0.15) is 6.10 Å². The van der Waals surface area contributed by atoms with E-state index in [-0.39, 0.29) is 11.6 Å². The molecule has 2 saturated heterocycles. The van der Waals surface area contributed by atoms with Gasteiger partial charge in [-0.15, -0.1) is 0 Å². The third-order valence-corrected chi connectivity index (χ3v) is 4.62. The Kier molecular flexibility index (Phi) is 2.43. The van der Waals surface area contributed by atoms with Gasteiger partial charge in [0, 0.05) is 5.57 Å². The molecule has 2 heterocycles. The predicted octanol–water partition coefficient (Wildman–Crippen LogP) is 1.18. The highest BCUT2D eigenvalue weighted by Gasteiger charge is 2.73. The maximum Gasteiger partial charge on any atom is 0.342 e. The third kappa shape index (κ3) is 1.64. The van der Waals surface area contributed by atoms with Crippen molar-refractivity contribution >= 4 is 17.5 Å². The molecule has 0 amide bonds. The number of hydrogen-bond donors (Lipinski definition) is 0. The molecule has 0 saturated carbocycles. The molecule has 2 fully saturated rings. The Morgan fingerprint density at radius 2 is 1.95 bits per heavy atom. The summed E-state index contributed by atoms with van der Waals surface area (Å²) in [6.45, 7) is 1.93. The van der Waals surface area contributed by atoms with Crippen LogP contribution in [0.5, 0.6) is 0 Å². The molecule has 5 nitrogen and oxygen atoms in total. The fourth-order valence-electron chi connectivity index (χ4n) is 3.46. The van der Waals surface area contributed by atoms with E-state index in [1.165, 1.54) is 12.2 Å². The Bertz CT molecular complexity index is 681. The zero-order valence-electron chi connectivity index (χ0n) is 11.5. The largest absolute Gasteiger partial charge is 0.452 e. The molecule has 0 spiro atoms. The van der Waals surface area contributed by atoms with Crippen LogP contribution in [0.3, 0.4) is 0 Å². The van der Waals surface area contributed by atoms with Crippen LogP contribution >= 0.6 is 0 Å². The van der Waals surface area contributed by atoms with E-state index in [9.17, 15) is 14.4 Å². The molecule has 4 aliphatic rings. The van der Waals surface area contributed by atoms with Gasteiger partial charge in [-0.3, -0.25) is 9.59 Å². The molecule has 0 aromatic heterocycles. The van der Waals surface area contributed by atoms with E-state index >= 15 is 0 Å². The minimum Gasteiger partial charge on any atom is -0.452 e. The molecule has 0 unspecified atom stereocenters. The minimum absolute atomic E-state index is 0.188. The van der Waals surface area contributed by atoms with Crippen LogP contribution in [0.25, 0.3) is 0 Å². The second-order valence-corrected chi connectivity index (χ2v) is 5.97. The SMILES string of the molecule is C/C1=C\CC[C@]23O[C@@H]2[C@@H](OC3=O)C2=C(C1)C(=O)C=CC2=O. The van der Waals surface area contributed by atoms with Gasteiger partial charge in [-0.05, 0) is 38.3 Å². The summed E-state index contributed by atoms with van der Waals surface area (Å²) in [6, 6.07) is 0. The number of carbonyl (C=O) groups excluding carboxylic acids is 3. The number of epoxide rings is 1. The number of fused-ring (bicyclic) bond motifs is 1. The summed E-state index contributed by atoms with van der Waals surface area (Å²) in [6.07, 6.45) is 5.05. The molecule has 5 heteroatoms. The van der Waals surface area contributed by atoms with Gasteiger partial charge in [0.2, 0.25) is 0 Å². The molecule has 0 aromatic rings. The fourth-order valence-corrected chi connectivity index (χ4v) is 3.46. The van der Waals surface area contributed by atoms with Crippen LogP contribution in [0.2, 0.25) is 0 Å². The average molecular weight is 286 g/mol. The summed E-state index contributed by atoms with van der Waals surface area (Å²) in [5, 5.41) is 0. The van der Waals surface area contributed by atoms with Gasteiger partial charge in [0.15, 0.2) is 23.3 Å². The van der Waals surface area contributed by atoms with Crippen molar-refractivity contribution in [1.82, 2.24) is 0 Å². The summed E-state index contributed by atoms with van der Waals surface area (Å²) in [7, 11) is 0. The first-order chi connectivity index (χ1) is 10.0. The van der Waals surface area contributed by atoms with Crippen molar-refractivity contribution in [2.24, 2.45) is 0 Å². The molecule has 3 atom stereocenters. The minimum atomic E-state index is -0.901. The number of allylic oxidation sites excluding steroid dienone is 5. The van der Waals surface area contributed by atoms with Crippen molar-refractivity contribution in [1.29, 1.82) is 0 Å². The summed E-state index contributed by atoms with van der Waals surface area (Å²) >= 11 is 0. The number of rotatable bonds is 0. The number of hydrogen-bond acceptors (Lipinski definition) is 5. The number of ketones is 2. The first-order valence-electron chi connectivity index (χ1n) is 7.07. The van der Waals surface area contributed by atoms with Crippen molar-refractivity contribution in [3.05, 3.63) is 34.9 Å². The standard InChI is InChI=1S/C16H14O5/c1-8-3-2-6-16-14(21-16)13(20-15(16)19)12-9(7-8)10(17)4-5-11(12)18/h3-5,13-14H,2,6-7H2,1H3/b8-3+/t13-,14+,16-/m0/s1. The molecule has 0 N–H and O–H groups in total. The van der Waals surface area contributed by atoms with E-state index in [2.05, 4.69) is 0 Å². The van der Waals surface area contributed by atoms with Gasteiger partial charge in [-0.25, -0.2) is 4.79 Å². The van der Waals surface area contributed by atoms with Gasteiger partial charge in [0.05, 0.1) is 5.57 Å². The van der Waals surface area contributed by atoms with Gasteiger partial charge < -0.3 is 9.47 Å². The van der Waals surface area contributed by atoms with Gasteiger partial charge >= 0.3 is 5.97 Å². The highest BCUT2D eigenvalue weighted by Crippen LogP contribution is 2.53. The molecular formula is C16H14O5. The highest BCUT2D eigenvalue weighted by molar-refractivity contribution is 6.21. The Morgan fingerprint density at radius 1 is 1.19 bits per heavy atom. The van der Waals surface area contributed by atoms with E-state index in [4.69, 9.17) is 9.47 Å². The van der Waals surface area contributed by atoms with Crippen LogP contribution in [-0.2, 0) is 23.9 Å². The summed E-state index contributed by atoms with van der Waals surface area (Å²) in [4.78, 5) is 36.5. The van der Waals surface area contributed by atoms with E-state index < -0.39 is 23.8 Å². The highest BCUT2D eigenvalue weighted by atomic mass is 16.7. The molecular weight excluding hydrogens is 272 g/mol. The summed E-state index contributed by atoms with van der Waals surface area (Å²) in [5.41, 5.74) is 0.847. The van der Waals surface area contributed by atoms with Gasteiger partial charge in [-0.2, -0.15) is 0 Å². The lowest BCUT2D eigenvalue weighted by Crippen LogP contribution is -2.29. The van der Waals surface area contributed by atoms with Crippen LogP contribution in [0.1, 0.15) is 26.2 Å². The second-order valence-electron chi connectivity index (χ2n) is 5.97. The molecule has 2 aliphatic carbocycles. The second kappa shape index (κ2) is 4.01. The Labute approximate surface area is 121 Å². The van der Waals surface area contributed by atoms with E-state index in [1.54, 1.807) is 0 Å². The van der Waals surface area contributed by atoms with Gasteiger partial charge in [-0.1, -0.05) is 11.6 Å².